The molecule has 87 valence electrons. The average molecular weight is 249 g/mol. The fourth-order valence-electron chi connectivity index (χ4n) is 1.30. The molecule has 0 N–H and O–H groups in total. The molecule has 0 aliphatic carbocycles. The van der Waals surface area contributed by atoms with Crippen molar-refractivity contribution in [2.45, 2.75) is 4.90 Å². The minimum Gasteiger partial charge on any atom is -0.379 e. The van der Waals surface area contributed by atoms with Crippen molar-refractivity contribution in [1.29, 1.82) is 0 Å². The van der Waals surface area contributed by atoms with E-state index in [4.69, 9.17) is 4.18 Å². The van der Waals surface area contributed by atoms with Gasteiger partial charge in [-0.15, -0.1) is 0 Å². The maximum atomic E-state index is 11.8. The molecule has 0 saturated heterocycles. The summed E-state index contributed by atoms with van der Waals surface area (Å²) in [6.07, 6.45) is 0. The van der Waals surface area contributed by atoms with Gasteiger partial charge < -0.3 is 4.18 Å². The van der Waals surface area contributed by atoms with E-state index in [2.05, 4.69) is 0 Å². The van der Waals surface area contributed by atoms with Gasteiger partial charge in [0.1, 0.15) is 5.75 Å². The van der Waals surface area contributed by atoms with Crippen LogP contribution in [0.2, 0.25) is 0 Å². The normalized spacial score (nSPS) is 11.1. The molecule has 0 heterocycles. The highest BCUT2D eigenvalue weighted by Gasteiger charge is 2.21. The summed E-state index contributed by atoms with van der Waals surface area (Å²) in [5.41, 5.74) is 0. The molecule has 2 rings (SSSR count). The Bertz CT molecular complexity index is 605. The van der Waals surface area contributed by atoms with E-state index in [1.807, 2.05) is 0 Å². The predicted octanol–water partition coefficient (Wildman–Crippen LogP) is 2.60. The van der Waals surface area contributed by atoms with E-state index in [0.717, 1.165) is 0 Å². The molecule has 0 aliphatic heterocycles. The van der Waals surface area contributed by atoms with E-state index < -0.39 is 15.9 Å². The molecule has 0 unspecified atom stereocenters. The van der Waals surface area contributed by atoms with Crippen molar-refractivity contribution in [3.63, 3.8) is 0 Å². The second-order valence-electron chi connectivity index (χ2n) is 3.30. The molecule has 0 atom stereocenters. The maximum absolute atomic E-state index is 11.8. The van der Waals surface area contributed by atoms with Crippen LogP contribution in [0.15, 0.2) is 59.5 Å². The Morgan fingerprint density at radius 1 is 0.824 bits per heavy atom. The third-order valence-electron chi connectivity index (χ3n) is 2.07. The van der Waals surface area contributed by atoms with Crippen LogP contribution in [0.4, 0.5) is 0 Å². The molecule has 2 aromatic carbocycles. The van der Waals surface area contributed by atoms with Crippen LogP contribution >= 0.6 is 0 Å². The van der Waals surface area contributed by atoms with Crippen molar-refractivity contribution in [3.05, 3.63) is 54.6 Å². The average Bonchev–Trinajstić information content (AvgIpc) is 2.30. The SMILES string of the molecule is [O]c1ccccc1S(=O)(=O)Oc1ccccc1. The molecule has 0 spiro atoms. The van der Waals surface area contributed by atoms with Crippen molar-refractivity contribution in [1.82, 2.24) is 0 Å². The van der Waals surface area contributed by atoms with Crippen LogP contribution in [-0.4, -0.2) is 8.42 Å². The zero-order valence-electron chi connectivity index (χ0n) is 8.74. The number of benzene rings is 2. The van der Waals surface area contributed by atoms with Crippen LogP contribution in [0.3, 0.4) is 0 Å². The van der Waals surface area contributed by atoms with E-state index in [0.29, 0.717) is 0 Å². The minimum atomic E-state index is -4.06. The van der Waals surface area contributed by atoms with Gasteiger partial charge in [0.25, 0.3) is 0 Å². The lowest BCUT2D eigenvalue weighted by Gasteiger charge is -2.06. The van der Waals surface area contributed by atoms with Crippen LogP contribution < -0.4 is 4.18 Å². The Hall–Kier alpha value is -2.01. The van der Waals surface area contributed by atoms with Gasteiger partial charge in [0.15, 0.2) is 4.90 Å². The van der Waals surface area contributed by atoms with E-state index in [9.17, 15) is 13.5 Å². The van der Waals surface area contributed by atoms with Crippen molar-refractivity contribution < 1.29 is 17.7 Å². The standard InChI is InChI=1S/C12H9O4S/c13-11-8-4-5-9-12(11)17(14,15)16-10-6-2-1-3-7-10/h1-9H. The summed E-state index contributed by atoms with van der Waals surface area (Å²) in [6.45, 7) is 0. The lowest BCUT2D eigenvalue weighted by Crippen LogP contribution is -2.09. The lowest BCUT2D eigenvalue weighted by molar-refractivity contribution is 0.340. The fourth-order valence-corrected chi connectivity index (χ4v) is 2.32. The second-order valence-corrected chi connectivity index (χ2v) is 4.81. The summed E-state index contributed by atoms with van der Waals surface area (Å²) in [7, 11) is -4.06. The van der Waals surface area contributed by atoms with Gasteiger partial charge in [-0.05, 0) is 24.3 Å². The Balaban J connectivity index is 2.36. The van der Waals surface area contributed by atoms with Crippen molar-refractivity contribution in [2.24, 2.45) is 0 Å². The van der Waals surface area contributed by atoms with Crippen LogP contribution in [0.1, 0.15) is 0 Å². The lowest BCUT2D eigenvalue weighted by atomic mass is 10.3. The molecule has 2 aromatic rings. The summed E-state index contributed by atoms with van der Waals surface area (Å²) >= 11 is 0. The highest BCUT2D eigenvalue weighted by atomic mass is 32.2. The van der Waals surface area contributed by atoms with Gasteiger partial charge in [0.2, 0.25) is 5.75 Å². The molecule has 0 amide bonds. The molecule has 0 bridgehead atoms. The van der Waals surface area contributed by atoms with Crippen molar-refractivity contribution in [2.75, 3.05) is 0 Å². The first-order valence-corrected chi connectivity index (χ1v) is 6.26. The van der Waals surface area contributed by atoms with Crippen LogP contribution in [0.5, 0.6) is 11.5 Å². The van der Waals surface area contributed by atoms with Crippen LogP contribution in [0.25, 0.3) is 0 Å². The molecule has 0 aromatic heterocycles. The molecule has 4 nitrogen and oxygen atoms in total. The topological polar surface area (TPSA) is 63.3 Å². The molecule has 17 heavy (non-hydrogen) atoms. The smallest absolute Gasteiger partial charge is 0.343 e. The number of hydrogen-bond donors (Lipinski definition) is 0. The number of rotatable bonds is 3. The zero-order valence-corrected chi connectivity index (χ0v) is 9.55. The third-order valence-corrected chi connectivity index (χ3v) is 3.36. The molecule has 0 saturated carbocycles. The van der Waals surface area contributed by atoms with Gasteiger partial charge in [-0.2, -0.15) is 8.42 Å². The van der Waals surface area contributed by atoms with Crippen LogP contribution in [0, 0.1) is 0 Å². The maximum Gasteiger partial charge on any atom is 0.343 e. The summed E-state index contributed by atoms with van der Waals surface area (Å²) in [5.74, 6) is -0.404. The summed E-state index contributed by atoms with van der Waals surface area (Å²) in [6, 6.07) is 13.4. The predicted molar refractivity (Wildman–Crippen MR) is 60.8 cm³/mol. The molecule has 1 radical (unpaired) electrons. The molecule has 0 fully saturated rings. The van der Waals surface area contributed by atoms with Gasteiger partial charge >= 0.3 is 10.1 Å². The number of hydrogen-bond acceptors (Lipinski definition) is 3. The Labute approximate surface area is 99.2 Å². The highest BCUT2D eigenvalue weighted by molar-refractivity contribution is 7.87. The monoisotopic (exact) mass is 249 g/mol. The Kier molecular flexibility index (Phi) is 3.01. The van der Waals surface area contributed by atoms with Crippen LogP contribution in [-0.2, 0) is 15.2 Å². The first-order valence-electron chi connectivity index (χ1n) is 4.85. The van der Waals surface area contributed by atoms with E-state index >= 15 is 0 Å². The van der Waals surface area contributed by atoms with Crippen molar-refractivity contribution in [3.8, 4) is 11.5 Å². The minimum absolute atomic E-state index is 0.177. The van der Waals surface area contributed by atoms with E-state index in [-0.39, 0.29) is 10.6 Å². The third kappa shape index (κ3) is 2.57. The van der Waals surface area contributed by atoms with Crippen molar-refractivity contribution >= 4 is 10.1 Å². The molecule has 0 aliphatic rings. The first-order chi connectivity index (χ1) is 8.09. The van der Waals surface area contributed by atoms with Gasteiger partial charge in [-0.25, -0.2) is 0 Å². The van der Waals surface area contributed by atoms with Gasteiger partial charge in [-0.1, -0.05) is 30.3 Å². The van der Waals surface area contributed by atoms with Gasteiger partial charge in [0.05, 0.1) is 0 Å². The first kappa shape index (κ1) is 11.5. The van der Waals surface area contributed by atoms with Gasteiger partial charge in [0, 0.05) is 0 Å². The number of para-hydroxylation sites is 2. The summed E-state index contributed by atoms with van der Waals surface area (Å²) < 4.78 is 28.4. The van der Waals surface area contributed by atoms with Gasteiger partial charge in [-0.3, -0.25) is 5.11 Å². The summed E-state index contributed by atoms with van der Waals surface area (Å²) in [5, 5.41) is 11.4. The van der Waals surface area contributed by atoms with E-state index in [1.54, 1.807) is 18.2 Å². The molecule has 5 heteroatoms. The largest absolute Gasteiger partial charge is 0.379 e. The quantitative estimate of drug-likeness (QED) is 0.785. The van der Waals surface area contributed by atoms with E-state index in [1.165, 1.54) is 36.4 Å². The Morgan fingerprint density at radius 3 is 2.06 bits per heavy atom. The summed E-state index contributed by atoms with van der Waals surface area (Å²) in [4.78, 5) is -0.358. The highest BCUT2D eigenvalue weighted by Crippen LogP contribution is 2.25. The fraction of sp³-hybridized carbons (Fsp3) is 0. The second kappa shape index (κ2) is 4.47. The zero-order chi connectivity index (χ0) is 12.3. The Morgan fingerprint density at radius 2 is 1.41 bits per heavy atom. The molecular formula is C12H9O4S. The molecular weight excluding hydrogens is 240 g/mol.